The van der Waals surface area contributed by atoms with Gasteiger partial charge in [0.05, 0.1) is 5.75 Å². The van der Waals surface area contributed by atoms with Crippen molar-refractivity contribution in [2.45, 2.75) is 32.4 Å². The molecule has 2 unspecified atom stereocenters. The molecule has 0 saturated carbocycles. The van der Waals surface area contributed by atoms with Gasteiger partial charge in [0.1, 0.15) is 15.7 Å². The van der Waals surface area contributed by atoms with E-state index in [0.717, 1.165) is 6.26 Å². The van der Waals surface area contributed by atoms with E-state index in [9.17, 15) is 17.6 Å². The highest BCUT2D eigenvalue weighted by Crippen LogP contribution is 2.09. The van der Waals surface area contributed by atoms with Crippen molar-refractivity contribution in [1.29, 1.82) is 0 Å². The van der Waals surface area contributed by atoms with E-state index in [1.54, 1.807) is 39.1 Å². The molecule has 2 amide bonds. The number of benzene rings is 1. The molecule has 22 heavy (non-hydrogen) atoms. The predicted molar refractivity (Wildman–Crippen MR) is 85.0 cm³/mol. The van der Waals surface area contributed by atoms with E-state index in [-0.39, 0.29) is 23.6 Å². The van der Waals surface area contributed by atoms with Gasteiger partial charge < -0.3 is 10.2 Å². The van der Waals surface area contributed by atoms with E-state index >= 15 is 0 Å². The summed E-state index contributed by atoms with van der Waals surface area (Å²) in [6.07, 6.45) is 1.50. The normalized spacial score (nSPS) is 14.2. The molecule has 1 rings (SSSR count). The molecule has 0 saturated heterocycles. The lowest BCUT2D eigenvalue weighted by molar-refractivity contribution is 0.194. The third-order valence-corrected chi connectivity index (χ3v) is 4.47. The van der Waals surface area contributed by atoms with Gasteiger partial charge in [0, 0.05) is 25.4 Å². The molecular weight excluding hydrogens is 307 g/mol. The van der Waals surface area contributed by atoms with Crippen LogP contribution in [0.15, 0.2) is 24.3 Å². The molecule has 1 aromatic rings. The number of halogens is 1. The number of urea groups is 1. The number of nitrogens with one attached hydrogen (secondary N) is 1. The van der Waals surface area contributed by atoms with E-state index in [1.165, 1.54) is 11.0 Å². The Morgan fingerprint density at radius 3 is 2.45 bits per heavy atom. The third-order valence-electron chi connectivity index (χ3n) is 3.38. The van der Waals surface area contributed by atoms with Gasteiger partial charge in [0.15, 0.2) is 0 Å². The van der Waals surface area contributed by atoms with Crippen molar-refractivity contribution in [3.8, 4) is 0 Å². The van der Waals surface area contributed by atoms with Crippen molar-refractivity contribution in [2.75, 3.05) is 19.1 Å². The summed E-state index contributed by atoms with van der Waals surface area (Å²) in [5.41, 5.74) is 0.530. The quantitative estimate of drug-likeness (QED) is 0.865. The lowest BCUT2D eigenvalue weighted by Gasteiger charge is -2.26. The topological polar surface area (TPSA) is 66.5 Å². The van der Waals surface area contributed by atoms with Crippen LogP contribution >= 0.6 is 0 Å². The van der Waals surface area contributed by atoms with E-state index < -0.39 is 15.9 Å². The molecule has 7 heteroatoms. The molecule has 0 radical (unpaired) electrons. The Morgan fingerprint density at radius 2 is 1.91 bits per heavy atom. The summed E-state index contributed by atoms with van der Waals surface area (Å²) in [6, 6.07) is 5.33. The lowest BCUT2D eigenvalue weighted by Crippen LogP contribution is -2.48. The predicted octanol–water partition coefficient (Wildman–Crippen LogP) is 1.83. The number of hydrogen-bond donors (Lipinski definition) is 1. The fourth-order valence-corrected chi connectivity index (χ4v) is 3.21. The van der Waals surface area contributed by atoms with Gasteiger partial charge in [-0.05, 0) is 31.9 Å². The highest BCUT2D eigenvalue weighted by atomic mass is 32.2. The first kappa shape index (κ1) is 18.4. The van der Waals surface area contributed by atoms with Crippen molar-refractivity contribution in [3.05, 3.63) is 35.6 Å². The van der Waals surface area contributed by atoms with Crippen LogP contribution in [0.4, 0.5) is 9.18 Å². The van der Waals surface area contributed by atoms with Gasteiger partial charge in [-0.15, -0.1) is 0 Å². The largest absolute Gasteiger partial charge is 0.335 e. The summed E-state index contributed by atoms with van der Waals surface area (Å²) in [5.74, 6) is -0.402. The second kappa shape index (κ2) is 7.58. The minimum atomic E-state index is -3.16. The van der Waals surface area contributed by atoms with Gasteiger partial charge in [-0.2, -0.15) is 0 Å². The number of carbonyl (C=O) groups excluding carboxylic acids is 1. The molecule has 2 atom stereocenters. The summed E-state index contributed by atoms with van der Waals surface area (Å²) in [5, 5.41) is 2.75. The smallest absolute Gasteiger partial charge is 0.317 e. The molecular formula is C15H23FN2O3S. The fraction of sp³-hybridized carbons (Fsp3) is 0.533. The van der Waals surface area contributed by atoms with Gasteiger partial charge >= 0.3 is 6.03 Å². The van der Waals surface area contributed by atoms with Gasteiger partial charge in [-0.25, -0.2) is 17.6 Å². The third kappa shape index (κ3) is 6.01. The maximum atomic E-state index is 13.6. The van der Waals surface area contributed by atoms with E-state index in [0.29, 0.717) is 12.0 Å². The van der Waals surface area contributed by atoms with Crippen molar-refractivity contribution < 1.29 is 17.6 Å². The molecule has 0 fully saturated rings. The average molecular weight is 330 g/mol. The zero-order chi connectivity index (χ0) is 16.9. The molecule has 1 aromatic carbocycles. The van der Waals surface area contributed by atoms with Crippen molar-refractivity contribution >= 4 is 15.9 Å². The molecule has 0 aromatic heterocycles. The minimum Gasteiger partial charge on any atom is -0.335 e. The minimum absolute atomic E-state index is 0.0986. The van der Waals surface area contributed by atoms with Crippen LogP contribution in [-0.4, -0.2) is 50.5 Å². The number of carbonyl (C=O) groups is 1. The molecule has 1 N–H and O–H groups in total. The molecule has 0 bridgehead atoms. The summed E-state index contributed by atoms with van der Waals surface area (Å²) < 4.78 is 36.1. The first-order valence-corrected chi connectivity index (χ1v) is 9.10. The van der Waals surface area contributed by atoms with Crippen molar-refractivity contribution in [1.82, 2.24) is 10.2 Å². The highest BCUT2D eigenvalue weighted by molar-refractivity contribution is 7.90. The van der Waals surface area contributed by atoms with Crippen LogP contribution in [-0.2, 0) is 16.3 Å². The number of rotatable bonds is 6. The Morgan fingerprint density at radius 1 is 1.32 bits per heavy atom. The van der Waals surface area contributed by atoms with Crippen LogP contribution in [0.25, 0.3) is 0 Å². The summed E-state index contributed by atoms with van der Waals surface area (Å²) >= 11 is 0. The first-order chi connectivity index (χ1) is 10.1. The molecule has 0 aliphatic carbocycles. The summed E-state index contributed by atoms with van der Waals surface area (Å²) in [4.78, 5) is 13.4. The molecule has 0 heterocycles. The Balaban J connectivity index is 2.58. The molecule has 0 aliphatic rings. The van der Waals surface area contributed by atoms with Crippen LogP contribution in [0, 0.1) is 5.82 Å². The maximum absolute atomic E-state index is 13.6. The Bertz CT molecular complexity index is 619. The Kier molecular flexibility index (Phi) is 6.34. The molecule has 0 aliphatic heterocycles. The SMILES string of the molecule is CC(Cc1ccccc1F)NC(=O)N(C)C(C)CS(C)(=O)=O. The first-order valence-electron chi connectivity index (χ1n) is 7.04. The zero-order valence-electron chi connectivity index (χ0n) is 13.3. The highest BCUT2D eigenvalue weighted by Gasteiger charge is 2.21. The van der Waals surface area contributed by atoms with E-state index in [1.807, 2.05) is 0 Å². The summed E-state index contributed by atoms with van der Waals surface area (Å²) in [7, 11) is -1.61. The van der Waals surface area contributed by atoms with Crippen molar-refractivity contribution in [3.63, 3.8) is 0 Å². The lowest BCUT2D eigenvalue weighted by atomic mass is 10.1. The number of amides is 2. The zero-order valence-corrected chi connectivity index (χ0v) is 14.2. The van der Waals surface area contributed by atoms with E-state index in [2.05, 4.69) is 5.32 Å². The number of hydrogen-bond acceptors (Lipinski definition) is 3. The van der Waals surface area contributed by atoms with Crippen LogP contribution in [0.1, 0.15) is 19.4 Å². The average Bonchev–Trinajstić information content (AvgIpc) is 2.38. The van der Waals surface area contributed by atoms with Gasteiger partial charge in [0.25, 0.3) is 0 Å². The molecule has 5 nitrogen and oxygen atoms in total. The maximum Gasteiger partial charge on any atom is 0.317 e. The Hall–Kier alpha value is -1.63. The van der Waals surface area contributed by atoms with Gasteiger partial charge in [-0.3, -0.25) is 0 Å². The van der Waals surface area contributed by atoms with E-state index in [4.69, 9.17) is 0 Å². The molecule has 0 spiro atoms. The van der Waals surface area contributed by atoms with Crippen LogP contribution in [0.3, 0.4) is 0 Å². The number of nitrogens with zero attached hydrogens (tertiary/aromatic N) is 1. The van der Waals surface area contributed by atoms with Crippen molar-refractivity contribution in [2.24, 2.45) is 0 Å². The monoisotopic (exact) mass is 330 g/mol. The van der Waals surface area contributed by atoms with Gasteiger partial charge in [-0.1, -0.05) is 18.2 Å². The standard InChI is InChI=1S/C15H23FN2O3S/c1-11(9-13-7-5-6-8-14(13)16)17-15(19)18(3)12(2)10-22(4,20)21/h5-8,11-12H,9-10H2,1-4H3,(H,17,19). The second-order valence-electron chi connectivity index (χ2n) is 5.70. The molecule has 124 valence electrons. The van der Waals surface area contributed by atoms with Crippen LogP contribution in [0.2, 0.25) is 0 Å². The fourth-order valence-electron chi connectivity index (χ4n) is 2.11. The summed E-state index contributed by atoms with van der Waals surface area (Å²) in [6.45, 7) is 3.45. The number of sulfone groups is 1. The Labute approximate surface area is 131 Å². The van der Waals surface area contributed by atoms with Gasteiger partial charge in [0.2, 0.25) is 0 Å². The van der Waals surface area contributed by atoms with Crippen LogP contribution in [0.5, 0.6) is 0 Å². The second-order valence-corrected chi connectivity index (χ2v) is 7.88. The van der Waals surface area contributed by atoms with Crippen LogP contribution < -0.4 is 5.32 Å².